The molecule has 2 atom stereocenters. The van der Waals surface area contributed by atoms with Crippen LogP contribution in [0.25, 0.3) is 0 Å². The molecule has 1 N–H and O–H groups in total. The number of rotatable bonds is 3. The van der Waals surface area contributed by atoms with Crippen molar-refractivity contribution in [2.24, 2.45) is 10.9 Å². The topological polar surface area (TPSA) is 63.2 Å². The first-order valence-corrected chi connectivity index (χ1v) is 8.19. The molecule has 2 saturated heterocycles. The van der Waals surface area contributed by atoms with Gasteiger partial charge in [0.15, 0.2) is 5.96 Å². The summed E-state index contributed by atoms with van der Waals surface area (Å²) in [5.74, 6) is 0.673. The van der Waals surface area contributed by atoms with E-state index in [9.17, 15) is 4.79 Å². The highest BCUT2D eigenvalue weighted by Crippen LogP contribution is 2.21. The Kier molecular flexibility index (Phi) is 8.06. The van der Waals surface area contributed by atoms with E-state index in [4.69, 9.17) is 9.47 Å². The normalized spacial score (nSPS) is 25.2. The van der Waals surface area contributed by atoms with Gasteiger partial charge in [0.05, 0.1) is 12.0 Å². The molecule has 0 bridgehead atoms. The zero-order chi connectivity index (χ0) is 16.2. The number of carbonyl (C=O) groups is 1. The van der Waals surface area contributed by atoms with E-state index in [0.717, 1.165) is 44.9 Å². The van der Waals surface area contributed by atoms with Crippen LogP contribution >= 0.6 is 24.0 Å². The van der Waals surface area contributed by atoms with Gasteiger partial charge in [-0.1, -0.05) is 0 Å². The van der Waals surface area contributed by atoms with Crippen LogP contribution in [0.1, 0.15) is 40.0 Å². The fourth-order valence-corrected chi connectivity index (χ4v) is 2.87. The Balaban J connectivity index is 0.00000264. The zero-order valence-electron chi connectivity index (χ0n) is 14.6. The molecule has 6 nitrogen and oxygen atoms in total. The van der Waals surface area contributed by atoms with E-state index in [1.165, 1.54) is 0 Å². The molecule has 2 aliphatic heterocycles. The predicted molar refractivity (Wildman–Crippen MR) is 101 cm³/mol. The Morgan fingerprint density at radius 2 is 2.13 bits per heavy atom. The number of aliphatic imine (C=N–C) groups is 1. The molecule has 2 aliphatic rings. The van der Waals surface area contributed by atoms with E-state index >= 15 is 0 Å². The second kappa shape index (κ2) is 9.05. The van der Waals surface area contributed by atoms with Gasteiger partial charge >= 0.3 is 5.97 Å². The number of hydrogen-bond donors (Lipinski definition) is 1. The van der Waals surface area contributed by atoms with E-state index in [1.54, 1.807) is 7.05 Å². The first-order valence-electron chi connectivity index (χ1n) is 8.19. The molecule has 0 aliphatic carbocycles. The van der Waals surface area contributed by atoms with Crippen LogP contribution in [-0.2, 0) is 14.3 Å². The van der Waals surface area contributed by atoms with Crippen LogP contribution in [0.3, 0.4) is 0 Å². The van der Waals surface area contributed by atoms with Crippen molar-refractivity contribution in [3.8, 4) is 0 Å². The molecule has 0 saturated carbocycles. The number of likely N-dealkylation sites (tertiary alicyclic amines) is 1. The fraction of sp³-hybridized carbons (Fsp3) is 0.875. The largest absolute Gasteiger partial charge is 0.460 e. The Bertz CT molecular complexity index is 417. The maximum absolute atomic E-state index is 12.2. The zero-order valence-corrected chi connectivity index (χ0v) is 17.0. The molecule has 23 heavy (non-hydrogen) atoms. The minimum absolute atomic E-state index is 0. The number of guanidine groups is 1. The highest BCUT2D eigenvalue weighted by Gasteiger charge is 2.33. The summed E-state index contributed by atoms with van der Waals surface area (Å²) in [5, 5.41) is 3.36. The average Bonchev–Trinajstić information content (AvgIpc) is 3.08. The molecule has 2 unspecified atom stereocenters. The van der Waals surface area contributed by atoms with Crippen molar-refractivity contribution in [1.29, 1.82) is 0 Å². The SMILES string of the molecule is CN=C(NCC1CCCO1)N1CCC(C(=O)OC(C)(C)C)C1.I. The lowest BCUT2D eigenvalue weighted by Gasteiger charge is -2.24. The van der Waals surface area contributed by atoms with Gasteiger partial charge in [-0.3, -0.25) is 9.79 Å². The lowest BCUT2D eigenvalue weighted by atomic mass is 10.1. The number of ether oxygens (including phenoxy) is 2. The third kappa shape index (κ3) is 6.45. The third-order valence-electron chi connectivity index (χ3n) is 3.95. The van der Waals surface area contributed by atoms with Crippen molar-refractivity contribution in [2.45, 2.75) is 51.7 Å². The number of nitrogens with zero attached hydrogens (tertiary/aromatic N) is 2. The number of nitrogens with one attached hydrogen (secondary N) is 1. The molecular formula is C16H30IN3O3. The second-order valence-electron chi connectivity index (χ2n) is 7.03. The lowest BCUT2D eigenvalue weighted by molar-refractivity contribution is -0.159. The molecule has 0 spiro atoms. The van der Waals surface area contributed by atoms with Crippen LogP contribution in [0.5, 0.6) is 0 Å². The monoisotopic (exact) mass is 439 g/mol. The summed E-state index contributed by atoms with van der Waals surface area (Å²) in [6.45, 7) is 8.84. The van der Waals surface area contributed by atoms with E-state index in [-0.39, 0.29) is 42.0 Å². The highest BCUT2D eigenvalue weighted by atomic mass is 127. The van der Waals surface area contributed by atoms with Gasteiger partial charge < -0.3 is 19.7 Å². The number of carbonyl (C=O) groups excluding carboxylic acids is 1. The number of halogens is 1. The molecule has 0 aromatic rings. The first-order chi connectivity index (χ1) is 10.4. The Labute approximate surface area is 156 Å². The molecule has 0 radical (unpaired) electrons. The number of esters is 1. The van der Waals surface area contributed by atoms with Crippen molar-refractivity contribution in [1.82, 2.24) is 10.2 Å². The maximum Gasteiger partial charge on any atom is 0.311 e. The van der Waals surface area contributed by atoms with E-state index in [1.807, 2.05) is 20.8 Å². The summed E-state index contributed by atoms with van der Waals surface area (Å²) >= 11 is 0. The van der Waals surface area contributed by atoms with E-state index in [2.05, 4.69) is 15.2 Å². The van der Waals surface area contributed by atoms with Gasteiger partial charge in [0.2, 0.25) is 0 Å². The van der Waals surface area contributed by atoms with Gasteiger partial charge in [-0.15, -0.1) is 24.0 Å². The average molecular weight is 439 g/mol. The van der Waals surface area contributed by atoms with Crippen molar-refractivity contribution in [2.75, 3.05) is 33.3 Å². The van der Waals surface area contributed by atoms with Gasteiger partial charge in [-0.25, -0.2) is 0 Å². The Hall–Kier alpha value is -0.570. The molecular weight excluding hydrogens is 409 g/mol. The molecule has 0 amide bonds. The van der Waals surface area contributed by atoms with Crippen LogP contribution < -0.4 is 5.32 Å². The lowest BCUT2D eigenvalue weighted by Crippen LogP contribution is -2.43. The Morgan fingerprint density at radius 3 is 2.70 bits per heavy atom. The van der Waals surface area contributed by atoms with Gasteiger partial charge in [-0.05, 0) is 40.0 Å². The van der Waals surface area contributed by atoms with Crippen LogP contribution in [0.4, 0.5) is 0 Å². The van der Waals surface area contributed by atoms with E-state index < -0.39 is 5.60 Å². The van der Waals surface area contributed by atoms with E-state index in [0.29, 0.717) is 6.54 Å². The molecule has 2 fully saturated rings. The van der Waals surface area contributed by atoms with Crippen LogP contribution in [0, 0.1) is 5.92 Å². The molecule has 0 aromatic carbocycles. The number of hydrogen-bond acceptors (Lipinski definition) is 4. The van der Waals surface area contributed by atoms with Crippen LogP contribution in [0.2, 0.25) is 0 Å². The summed E-state index contributed by atoms with van der Waals surface area (Å²) < 4.78 is 11.1. The van der Waals surface area contributed by atoms with Crippen LogP contribution in [0.15, 0.2) is 4.99 Å². The second-order valence-corrected chi connectivity index (χ2v) is 7.03. The molecule has 0 aromatic heterocycles. The van der Waals surface area contributed by atoms with Crippen LogP contribution in [-0.4, -0.2) is 61.8 Å². The quantitative estimate of drug-likeness (QED) is 0.316. The molecule has 7 heteroatoms. The summed E-state index contributed by atoms with van der Waals surface area (Å²) in [6.07, 6.45) is 3.33. The van der Waals surface area contributed by atoms with Gasteiger partial charge in [0, 0.05) is 33.3 Å². The summed E-state index contributed by atoms with van der Waals surface area (Å²) in [5.41, 5.74) is -0.426. The van der Waals surface area contributed by atoms with Gasteiger partial charge in [-0.2, -0.15) is 0 Å². The fourth-order valence-electron chi connectivity index (χ4n) is 2.87. The van der Waals surface area contributed by atoms with Crippen molar-refractivity contribution < 1.29 is 14.3 Å². The maximum atomic E-state index is 12.2. The Morgan fingerprint density at radius 1 is 1.39 bits per heavy atom. The van der Waals surface area contributed by atoms with Gasteiger partial charge in [0.1, 0.15) is 5.60 Å². The summed E-state index contributed by atoms with van der Waals surface area (Å²) in [4.78, 5) is 18.6. The molecule has 134 valence electrons. The van der Waals surface area contributed by atoms with Crippen molar-refractivity contribution in [3.63, 3.8) is 0 Å². The summed E-state index contributed by atoms with van der Waals surface area (Å²) in [6, 6.07) is 0. The first kappa shape index (κ1) is 20.5. The molecule has 2 rings (SSSR count). The third-order valence-corrected chi connectivity index (χ3v) is 3.95. The standard InChI is InChI=1S/C16H29N3O3.HI/c1-16(2,3)22-14(20)12-7-8-19(11-12)15(17-4)18-10-13-6-5-9-21-13;/h12-13H,5-11H2,1-4H3,(H,17,18);1H. The molecule has 2 heterocycles. The summed E-state index contributed by atoms with van der Waals surface area (Å²) in [7, 11) is 1.78. The van der Waals surface area contributed by atoms with Gasteiger partial charge in [0.25, 0.3) is 0 Å². The van der Waals surface area contributed by atoms with Crippen molar-refractivity contribution in [3.05, 3.63) is 0 Å². The highest BCUT2D eigenvalue weighted by molar-refractivity contribution is 14.0. The smallest absolute Gasteiger partial charge is 0.311 e. The minimum atomic E-state index is -0.426. The minimum Gasteiger partial charge on any atom is -0.460 e. The van der Waals surface area contributed by atoms with Crippen molar-refractivity contribution >= 4 is 35.9 Å². The predicted octanol–water partition coefficient (Wildman–Crippen LogP) is 2.02.